The summed E-state index contributed by atoms with van der Waals surface area (Å²) in [6, 6.07) is 0.223. The third-order valence-corrected chi connectivity index (χ3v) is 3.57. The van der Waals surface area contributed by atoms with Crippen molar-refractivity contribution in [1.82, 2.24) is 20.2 Å². The van der Waals surface area contributed by atoms with Crippen LogP contribution < -0.4 is 11.1 Å². The van der Waals surface area contributed by atoms with Crippen LogP contribution in [0, 0.1) is 0 Å². The minimum atomic E-state index is -0.290. The number of rotatable bonds is 4. The molecule has 0 bridgehead atoms. The maximum atomic E-state index is 12.0. The summed E-state index contributed by atoms with van der Waals surface area (Å²) in [5, 5.41) is 2.86. The Kier molecular flexibility index (Phi) is 5.08. The van der Waals surface area contributed by atoms with Crippen LogP contribution in [0.2, 0.25) is 0 Å². The van der Waals surface area contributed by atoms with Gasteiger partial charge in [0, 0.05) is 38.1 Å². The van der Waals surface area contributed by atoms with Gasteiger partial charge in [0.15, 0.2) is 11.5 Å². The third-order valence-electron chi connectivity index (χ3n) is 3.57. The first-order chi connectivity index (χ1) is 9.97. The number of nitrogens with zero attached hydrogens (tertiary/aromatic N) is 3. The molecule has 1 aliphatic rings. The van der Waals surface area contributed by atoms with Crippen LogP contribution in [0.25, 0.3) is 0 Å². The molecule has 1 aliphatic heterocycles. The second-order valence-electron chi connectivity index (χ2n) is 5.56. The fourth-order valence-corrected chi connectivity index (χ4v) is 2.55. The number of carbonyl (C=O) groups is 1. The molecule has 1 aromatic heterocycles. The Labute approximate surface area is 124 Å². The molecule has 1 fully saturated rings. The van der Waals surface area contributed by atoms with Crippen molar-refractivity contribution in [3.05, 3.63) is 18.1 Å². The van der Waals surface area contributed by atoms with Gasteiger partial charge < -0.3 is 15.8 Å². The summed E-state index contributed by atoms with van der Waals surface area (Å²) in [4.78, 5) is 22.2. The predicted octanol–water partition coefficient (Wildman–Crippen LogP) is 0.286. The Bertz CT molecular complexity index is 486. The number of anilines is 1. The molecule has 116 valence electrons. The first-order valence-electron chi connectivity index (χ1n) is 7.21. The number of carbonyl (C=O) groups excluding carboxylic acids is 1. The standard InChI is InChI=1S/C14H23N5O2/c1-9(19-7-10(2)21-11(3)8-19)6-18-14(20)12-13(15)17-5-4-16-12/h4-5,9-11H,6-8H2,1-3H3,(H2,15,17)(H,18,20)/t9-,10-,11+/m0/s1. The van der Waals surface area contributed by atoms with Crippen molar-refractivity contribution < 1.29 is 9.53 Å². The minimum Gasteiger partial charge on any atom is -0.382 e. The molecule has 3 atom stereocenters. The first-order valence-corrected chi connectivity index (χ1v) is 7.21. The normalized spacial score (nSPS) is 24.5. The predicted molar refractivity (Wildman–Crippen MR) is 79.8 cm³/mol. The van der Waals surface area contributed by atoms with E-state index in [4.69, 9.17) is 10.5 Å². The maximum Gasteiger partial charge on any atom is 0.273 e. The lowest BCUT2D eigenvalue weighted by molar-refractivity contribution is -0.0778. The Morgan fingerprint density at radius 2 is 2.05 bits per heavy atom. The van der Waals surface area contributed by atoms with Crippen LogP contribution in [0.15, 0.2) is 12.4 Å². The van der Waals surface area contributed by atoms with E-state index in [2.05, 4.69) is 41.0 Å². The maximum absolute atomic E-state index is 12.0. The van der Waals surface area contributed by atoms with Gasteiger partial charge in [0.05, 0.1) is 12.2 Å². The lowest BCUT2D eigenvalue weighted by Gasteiger charge is -2.38. The van der Waals surface area contributed by atoms with Gasteiger partial charge in [-0.2, -0.15) is 0 Å². The Hall–Kier alpha value is -1.73. The van der Waals surface area contributed by atoms with Gasteiger partial charge in [-0.15, -0.1) is 0 Å². The number of amides is 1. The molecule has 1 aromatic rings. The summed E-state index contributed by atoms with van der Waals surface area (Å²) in [5.41, 5.74) is 5.82. The summed E-state index contributed by atoms with van der Waals surface area (Å²) >= 11 is 0. The van der Waals surface area contributed by atoms with Crippen molar-refractivity contribution in [3.8, 4) is 0 Å². The molecule has 0 unspecified atom stereocenters. The van der Waals surface area contributed by atoms with E-state index in [1.54, 1.807) is 0 Å². The zero-order valence-electron chi connectivity index (χ0n) is 12.7. The van der Waals surface area contributed by atoms with E-state index in [9.17, 15) is 4.79 Å². The molecular formula is C14H23N5O2. The number of nitrogens with two attached hydrogens (primary N) is 1. The van der Waals surface area contributed by atoms with E-state index >= 15 is 0 Å². The van der Waals surface area contributed by atoms with E-state index in [0.29, 0.717) is 6.54 Å². The molecule has 7 nitrogen and oxygen atoms in total. The van der Waals surface area contributed by atoms with Crippen LogP contribution >= 0.6 is 0 Å². The number of ether oxygens (including phenoxy) is 1. The highest BCUT2D eigenvalue weighted by molar-refractivity contribution is 5.96. The van der Waals surface area contributed by atoms with Gasteiger partial charge in [0.1, 0.15) is 0 Å². The van der Waals surface area contributed by atoms with Crippen molar-refractivity contribution >= 4 is 11.7 Å². The molecule has 2 rings (SSSR count). The second kappa shape index (κ2) is 6.82. The molecule has 0 spiro atoms. The molecule has 1 saturated heterocycles. The molecule has 1 amide bonds. The number of morpholine rings is 1. The van der Waals surface area contributed by atoms with Gasteiger partial charge in [0.25, 0.3) is 5.91 Å². The van der Waals surface area contributed by atoms with Crippen molar-refractivity contribution in [3.63, 3.8) is 0 Å². The molecule has 7 heteroatoms. The summed E-state index contributed by atoms with van der Waals surface area (Å²) < 4.78 is 5.71. The monoisotopic (exact) mass is 293 g/mol. The summed E-state index contributed by atoms with van der Waals surface area (Å²) in [6.45, 7) is 8.49. The van der Waals surface area contributed by atoms with Crippen LogP contribution in [-0.4, -0.2) is 58.7 Å². The number of nitrogen functional groups attached to an aromatic ring is 1. The smallest absolute Gasteiger partial charge is 0.273 e. The highest BCUT2D eigenvalue weighted by Gasteiger charge is 2.26. The van der Waals surface area contributed by atoms with Crippen molar-refractivity contribution in [2.75, 3.05) is 25.4 Å². The average molecular weight is 293 g/mol. The molecule has 21 heavy (non-hydrogen) atoms. The van der Waals surface area contributed by atoms with Gasteiger partial charge in [-0.25, -0.2) is 9.97 Å². The number of aromatic nitrogens is 2. The Morgan fingerprint density at radius 3 is 2.67 bits per heavy atom. The van der Waals surface area contributed by atoms with Gasteiger partial charge in [-0.3, -0.25) is 9.69 Å². The first kappa shape index (κ1) is 15.7. The minimum absolute atomic E-state index is 0.149. The highest BCUT2D eigenvalue weighted by atomic mass is 16.5. The SMILES string of the molecule is C[C@@H]1CN([C@@H](C)CNC(=O)c2nccnc2N)C[C@H](C)O1. The zero-order valence-corrected chi connectivity index (χ0v) is 12.7. The number of hydrogen-bond acceptors (Lipinski definition) is 6. The molecular weight excluding hydrogens is 270 g/mol. The van der Waals surface area contributed by atoms with E-state index in [0.717, 1.165) is 13.1 Å². The van der Waals surface area contributed by atoms with E-state index in [-0.39, 0.29) is 35.7 Å². The van der Waals surface area contributed by atoms with Crippen LogP contribution in [0.1, 0.15) is 31.3 Å². The molecule has 0 saturated carbocycles. The second-order valence-corrected chi connectivity index (χ2v) is 5.56. The Morgan fingerprint density at radius 1 is 1.43 bits per heavy atom. The summed E-state index contributed by atoms with van der Waals surface area (Å²) in [7, 11) is 0. The van der Waals surface area contributed by atoms with E-state index < -0.39 is 0 Å². The lowest BCUT2D eigenvalue weighted by atomic mass is 10.1. The fourth-order valence-electron chi connectivity index (χ4n) is 2.55. The van der Waals surface area contributed by atoms with Crippen LogP contribution in [0.5, 0.6) is 0 Å². The quantitative estimate of drug-likeness (QED) is 0.828. The third kappa shape index (κ3) is 4.12. The highest BCUT2D eigenvalue weighted by Crippen LogP contribution is 2.13. The average Bonchev–Trinajstić information content (AvgIpc) is 2.43. The Balaban J connectivity index is 1.87. The lowest BCUT2D eigenvalue weighted by Crippen LogP contribution is -2.52. The van der Waals surface area contributed by atoms with E-state index in [1.807, 2.05) is 0 Å². The van der Waals surface area contributed by atoms with Crippen LogP contribution in [0.4, 0.5) is 5.82 Å². The topological polar surface area (TPSA) is 93.4 Å². The van der Waals surface area contributed by atoms with Crippen LogP contribution in [0.3, 0.4) is 0 Å². The molecule has 0 radical (unpaired) electrons. The fraction of sp³-hybridized carbons (Fsp3) is 0.643. The van der Waals surface area contributed by atoms with Crippen molar-refractivity contribution in [1.29, 1.82) is 0 Å². The molecule has 0 aliphatic carbocycles. The number of nitrogens with one attached hydrogen (secondary N) is 1. The summed E-state index contributed by atoms with van der Waals surface area (Å²) in [6.07, 6.45) is 3.34. The van der Waals surface area contributed by atoms with Gasteiger partial charge in [-0.1, -0.05) is 0 Å². The largest absolute Gasteiger partial charge is 0.382 e. The van der Waals surface area contributed by atoms with Gasteiger partial charge >= 0.3 is 0 Å². The van der Waals surface area contributed by atoms with Crippen molar-refractivity contribution in [2.24, 2.45) is 0 Å². The van der Waals surface area contributed by atoms with Gasteiger partial charge in [-0.05, 0) is 20.8 Å². The van der Waals surface area contributed by atoms with Crippen molar-refractivity contribution in [2.45, 2.75) is 39.0 Å². The zero-order chi connectivity index (χ0) is 15.4. The number of hydrogen-bond donors (Lipinski definition) is 2. The molecule has 0 aromatic carbocycles. The van der Waals surface area contributed by atoms with E-state index in [1.165, 1.54) is 12.4 Å². The molecule has 2 heterocycles. The summed E-state index contributed by atoms with van der Waals surface area (Å²) in [5.74, 6) is -0.141. The van der Waals surface area contributed by atoms with Gasteiger partial charge in [0.2, 0.25) is 0 Å². The molecule has 3 N–H and O–H groups in total. The van der Waals surface area contributed by atoms with Crippen LogP contribution in [-0.2, 0) is 4.74 Å².